The first-order valence-electron chi connectivity index (χ1n) is 10.7. The minimum Gasteiger partial charge on any atom is -0.384 e. The second-order valence-electron chi connectivity index (χ2n) is 8.53. The van der Waals surface area contributed by atoms with Crippen LogP contribution in [0, 0.1) is 13.8 Å². The molecule has 0 spiro atoms. The molecule has 30 heavy (non-hydrogen) atoms. The number of hydrogen-bond acceptors (Lipinski definition) is 7. The molecule has 0 aromatic carbocycles. The van der Waals surface area contributed by atoms with Gasteiger partial charge < -0.3 is 19.9 Å². The summed E-state index contributed by atoms with van der Waals surface area (Å²) in [5.41, 5.74) is 0.839. The Bertz CT molecular complexity index is 908. The minimum atomic E-state index is -0.986. The lowest BCUT2D eigenvalue weighted by Gasteiger charge is -2.33. The summed E-state index contributed by atoms with van der Waals surface area (Å²) < 4.78 is 14.2. The van der Waals surface area contributed by atoms with Crippen LogP contribution >= 0.6 is 0 Å². The highest BCUT2D eigenvalue weighted by atomic mass is 16.6. The monoisotopic (exact) mass is 417 g/mol. The van der Waals surface area contributed by atoms with Gasteiger partial charge in [0.15, 0.2) is 5.82 Å². The molecule has 0 atom stereocenters. The average molecular weight is 418 g/mol. The standard InChI is InChI=1S/C21H31N5O4/c1-15-11-16(2)25(23-15)19-7-8-20(27)26(24-19)18-5-3-17(4-6-18)22-12-21(28)13-29-9-10-30-14-21/h7-8,11,17-18,22,28H,3-6,9-10,12-14H2,1-2H3. The molecule has 9 heteroatoms. The van der Waals surface area contributed by atoms with Crippen molar-refractivity contribution in [1.82, 2.24) is 24.9 Å². The van der Waals surface area contributed by atoms with E-state index >= 15 is 0 Å². The van der Waals surface area contributed by atoms with Gasteiger partial charge in [-0.25, -0.2) is 9.36 Å². The van der Waals surface area contributed by atoms with E-state index in [0.29, 0.717) is 31.6 Å². The molecule has 2 aromatic heterocycles. The fourth-order valence-electron chi connectivity index (χ4n) is 4.30. The Kier molecular flexibility index (Phi) is 6.33. The van der Waals surface area contributed by atoms with Gasteiger partial charge in [0.1, 0.15) is 5.60 Å². The quantitative estimate of drug-likeness (QED) is 0.745. The van der Waals surface area contributed by atoms with Gasteiger partial charge >= 0.3 is 0 Å². The maximum Gasteiger partial charge on any atom is 0.267 e. The molecule has 2 N–H and O–H groups in total. The number of hydrogen-bond donors (Lipinski definition) is 2. The molecule has 0 radical (unpaired) electrons. The van der Waals surface area contributed by atoms with Gasteiger partial charge in [-0.1, -0.05) is 0 Å². The Morgan fingerprint density at radius 3 is 2.47 bits per heavy atom. The molecule has 0 unspecified atom stereocenters. The molecule has 1 aliphatic carbocycles. The van der Waals surface area contributed by atoms with Gasteiger partial charge in [0, 0.05) is 24.3 Å². The fourth-order valence-corrected chi connectivity index (χ4v) is 4.30. The summed E-state index contributed by atoms with van der Waals surface area (Å²) in [4.78, 5) is 12.5. The predicted molar refractivity (Wildman–Crippen MR) is 111 cm³/mol. The third-order valence-corrected chi connectivity index (χ3v) is 5.91. The number of ether oxygens (including phenoxy) is 2. The molecule has 0 bridgehead atoms. The van der Waals surface area contributed by atoms with E-state index in [0.717, 1.165) is 37.1 Å². The summed E-state index contributed by atoms with van der Waals surface area (Å²) in [5.74, 6) is 0.663. The van der Waals surface area contributed by atoms with Gasteiger partial charge in [-0.3, -0.25) is 4.79 Å². The molecular weight excluding hydrogens is 386 g/mol. The number of nitrogens with zero attached hydrogens (tertiary/aromatic N) is 4. The van der Waals surface area contributed by atoms with Crippen LogP contribution in [0.3, 0.4) is 0 Å². The summed E-state index contributed by atoms with van der Waals surface area (Å²) in [6.45, 7) is 5.97. The van der Waals surface area contributed by atoms with Crippen LogP contribution in [0.2, 0.25) is 0 Å². The lowest BCUT2D eigenvalue weighted by molar-refractivity contribution is -0.0551. The summed E-state index contributed by atoms with van der Waals surface area (Å²) in [6, 6.07) is 5.66. The molecular formula is C21H31N5O4. The van der Waals surface area contributed by atoms with E-state index in [9.17, 15) is 9.90 Å². The molecule has 1 aliphatic heterocycles. The molecule has 9 nitrogen and oxygen atoms in total. The molecule has 0 amide bonds. The first-order valence-corrected chi connectivity index (χ1v) is 10.7. The van der Waals surface area contributed by atoms with E-state index in [4.69, 9.17) is 9.47 Å². The molecule has 4 rings (SSSR count). The average Bonchev–Trinajstić information content (AvgIpc) is 2.93. The molecule has 2 fully saturated rings. The fraction of sp³-hybridized carbons (Fsp3) is 0.667. The van der Waals surface area contributed by atoms with E-state index in [-0.39, 0.29) is 24.8 Å². The van der Waals surface area contributed by atoms with Crippen molar-refractivity contribution in [3.05, 3.63) is 39.9 Å². The minimum absolute atomic E-state index is 0.0695. The molecule has 1 saturated heterocycles. The third kappa shape index (κ3) is 4.80. The molecule has 1 saturated carbocycles. The summed E-state index contributed by atoms with van der Waals surface area (Å²) >= 11 is 0. The van der Waals surface area contributed by atoms with Gasteiger partial charge in [0.25, 0.3) is 5.56 Å². The normalized spacial score (nSPS) is 24.5. The Hall–Kier alpha value is -2.07. The number of aliphatic hydroxyl groups is 1. The van der Waals surface area contributed by atoms with Crippen LogP contribution in [0.5, 0.6) is 0 Å². The molecule has 2 aliphatic rings. The topological polar surface area (TPSA) is 103 Å². The van der Waals surface area contributed by atoms with Crippen molar-refractivity contribution in [2.75, 3.05) is 33.0 Å². The third-order valence-electron chi connectivity index (χ3n) is 5.91. The summed E-state index contributed by atoms with van der Waals surface area (Å²) in [6.07, 6.45) is 3.55. The number of nitrogens with one attached hydrogen (secondary N) is 1. The van der Waals surface area contributed by atoms with Gasteiger partial charge in [-0.15, -0.1) is 5.10 Å². The van der Waals surface area contributed by atoms with Crippen LogP contribution < -0.4 is 10.9 Å². The SMILES string of the molecule is Cc1cc(C)n(-c2ccc(=O)n(C3CCC(NCC4(O)COCCOC4)CC3)n2)n1. The van der Waals surface area contributed by atoms with Crippen LogP contribution in [0.15, 0.2) is 23.0 Å². The van der Waals surface area contributed by atoms with Gasteiger partial charge in [-0.2, -0.15) is 5.10 Å². The molecule has 3 heterocycles. The zero-order valence-corrected chi connectivity index (χ0v) is 17.7. The molecule has 164 valence electrons. The zero-order chi connectivity index (χ0) is 21.1. The largest absolute Gasteiger partial charge is 0.384 e. The highest BCUT2D eigenvalue weighted by Crippen LogP contribution is 2.27. The zero-order valence-electron chi connectivity index (χ0n) is 17.7. The van der Waals surface area contributed by atoms with Crippen molar-refractivity contribution >= 4 is 0 Å². The number of rotatable bonds is 5. The Morgan fingerprint density at radius 1 is 1.13 bits per heavy atom. The van der Waals surface area contributed by atoms with Crippen molar-refractivity contribution in [2.45, 2.75) is 57.2 Å². The highest BCUT2D eigenvalue weighted by Gasteiger charge is 2.32. The van der Waals surface area contributed by atoms with Gasteiger partial charge in [-0.05, 0) is 51.7 Å². The van der Waals surface area contributed by atoms with Crippen LogP contribution in [0.4, 0.5) is 0 Å². The van der Waals surface area contributed by atoms with Crippen LogP contribution in [-0.2, 0) is 9.47 Å². The van der Waals surface area contributed by atoms with E-state index in [1.54, 1.807) is 21.5 Å². The van der Waals surface area contributed by atoms with Crippen molar-refractivity contribution < 1.29 is 14.6 Å². The lowest BCUT2D eigenvalue weighted by Crippen LogP contribution is -2.50. The first-order chi connectivity index (χ1) is 14.4. The maximum absolute atomic E-state index is 12.5. The van der Waals surface area contributed by atoms with Gasteiger partial charge in [0.05, 0.1) is 38.2 Å². The Morgan fingerprint density at radius 2 is 1.83 bits per heavy atom. The highest BCUT2D eigenvalue weighted by molar-refractivity contribution is 5.24. The van der Waals surface area contributed by atoms with Crippen LogP contribution in [-0.4, -0.2) is 69.3 Å². The van der Waals surface area contributed by atoms with E-state index in [1.807, 2.05) is 19.9 Å². The summed E-state index contributed by atoms with van der Waals surface area (Å²) in [7, 11) is 0. The van der Waals surface area contributed by atoms with Crippen molar-refractivity contribution in [3.63, 3.8) is 0 Å². The van der Waals surface area contributed by atoms with Gasteiger partial charge in [0.2, 0.25) is 0 Å². The second-order valence-corrected chi connectivity index (χ2v) is 8.53. The van der Waals surface area contributed by atoms with Crippen molar-refractivity contribution in [3.8, 4) is 5.82 Å². The van der Waals surface area contributed by atoms with Crippen LogP contribution in [0.25, 0.3) is 5.82 Å². The predicted octanol–water partition coefficient (Wildman–Crippen LogP) is 0.897. The smallest absolute Gasteiger partial charge is 0.267 e. The van der Waals surface area contributed by atoms with E-state index in [1.165, 1.54) is 0 Å². The Labute approximate surface area is 176 Å². The van der Waals surface area contributed by atoms with Crippen molar-refractivity contribution in [2.24, 2.45) is 0 Å². The maximum atomic E-state index is 12.5. The Balaban J connectivity index is 1.37. The van der Waals surface area contributed by atoms with Crippen LogP contribution in [0.1, 0.15) is 43.1 Å². The lowest BCUT2D eigenvalue weighted by atomic mass is 9.90. The first kappa shape index (κ1) is 21.2. The summed E-state index contributed by atoms with van der Waals surface area (Å²) in [5, 5.41) is 23.2. The number of aryl methyl sites for hydroxylation is 2. The van der Waals surface area contributed by atoms with E-state index in [2.05, 4.69) is 15.5 Å². The molecule has 2 aromatic rings. The number of aromatic nitrogens is 4. The van der Waals surface area contributed by atoms with Crippen molar-refractivity contribution in [1.29, 1.82) is 0 Å². The second kappa shape index (κ2) is 8.97. The van der Waals surface area contributed by atoms with E-state index < -0.39 is 5.60 Å².